The third-order valence-corrected chi connectivity index (χ3v) is 3.91. The summed E-state index contributed by atoms with van der Waals surface area (Å²) in [6.45, 7) is 0. The standard InChI is InChI=1S/C14H12N2OS/c17-13-12-11(8-18-14(12)16-9-15-13)7-6-10-4-2-1-3-5-10/h1-5,8-9H,6-7H2,(H,15,16,17). The van der Waals surface area contributed by atoms with Gasteiger partial charge in [-0.1, -0.05) is 30.3 Å². The van der Waals surface area contributed by atoms with Crippen LogP contribution in [0, 0.1) is 0 Å². The molecule has 0 aliphatic rings. The third-order valence-electron chi connectivity index (χ3n) is 2.98. The Morgan fingerprint density at radius 3 is 2.83 bits per heavy atom. The Balaban J connectivity index is 1.90. The Morgan fingerprint density at radius 2 is 2.00 bits per heavy atom. The van der Waals surface area contributed by atoms with Crippen LogP contribution in [0.3, 0.4) is 0 Å². The van der Waals surface area contributed by atoms with Crippen molar-refractivity contribution in [3.8, 4) is 0 Å². The number of aryl methyl sites for hydroxylation is 2. The van der Waals surface area contributed by atoms with Crippen molar-refractivity contribution in [2.45, 2.75) is 12.8 Å². The SMILES string of the molecule is O=c1[nH]cnc2scc(CCc3ccccc3)c12. The fraction of sp³-hybridized carbons (Fsp3) is 0.143. The van der Waals surface area contributed by atoms with E-state index >= 15 is 0 Å². The minimum absolute atomic E-state index is 0.0377. The van der Waals surface area contributed by atoms with Gasteiger partial charge in [-0.05, 0) is 29.3 Å². The molecular weight excluding hydrogens is 244 g/mol. The van der Waals surface area contributed by atoms with Crippen molar-refractivity contribution in [1.82, 2.24) is 9.97 Å². The van der Waals surface area contributed by atoms with Crippen LogP contribution < -0.4 is 5.56 Å². The highest BCUT2D eigenvalue weighted by Gasteiger charge is 2.08. The normalized spacial score (nSPS) is 10.9. The van der Waals surface area contributed by atoms with Gasteiger partial charge in [0.15, 0.2) is 0 Å². The van der Waals surface area contributed by atoms with Gasteiger partial charge in [-0.15, -0.1) is 11.3 Å². The first kappa shape index (κ1) is 11.2. The number of nitrogens with zero attached hydrogens (tertiary/aromatic N) is 1. The van der Waals surface area contributed by atoms with Crippen molar-refractivity contribution in [3.63, 3.8) is 0 Å². The minimum atomic E-state index is -0.0377. The van der Waals surface area contributed by atoms with Crippen molar-refractivity contribution < 1.29 is 0 Å². The molecule has 0 aliphatic carbocycles. The van der Waals surface area contributed by atoms with Gasteiger partial charge in [0, 0.05) is 0 Å². The van der Waals surface area contributed by atoms with Gasteiger partial charge in [-0.3, -0.25) is 4.79 Å². The zero-order valence-electron chi connectivity index (χ0n) is 9.72. The maximum Gasteiger partial charge on any atom is 0.259 e. The first-order chi connectivity index (χ1) is 8.84. The Morgan fingerprint density at radius 1 is 1.17 bits per heavy atom. The molecule has 1 aromatic carbocycles. The minimum Gasteiger partial charge on any atom is -0.313 e. The molecule has 2 heterocycles. The lowest BCUT2D eigenvalue weighted by atomic mass is 10.1. The zero-order chi connectivity index (χ0) is 12.4. The topological polar surface area (TPSA) is 45.8 Å². The van der Waals surface area contributed by atoms with Gasteiger partial charge >= 0.3 is 0 Å². The molecule has 3 aromatic rings. The van der Waals surface area contributed by atoms with Crippen LogP contribution in [0.15, 0.2) is 46.8 Å². The van der Waals surface area contributed by atoms with Crippen LogP contribution in [0.4, 0.5) is 0 Å². The molecule has 0 bridgehead atoms. The van der Waals surface area contributed by atoms with Gasteiger partial charge in [0.05, 0.1) is 11.7 Å². The highest BCUT2D eigenvalue weighted by molar-refractivity contribution is 7.16. The van der Waals surface area contributed by atoms with Crippen LogP contribution in [-0.4, -0.2) is 9.97 Å². The monoisotopic (exact) mass is 256 g/mol. The quantitative estimate of drug-likeness (QED) is 0.783. The summed E-state index contributed by atoms with van der Waals surface area (Å²) in [5, 5.41) is 2.79. The Bertz CT molecular complexity index is 715. The fourth-order valence-electron chi connectivity index (χ4n) is 2.05. The number of hydrogen-bond acceptors (Lipinski definition) is 3. The van der Waals surface area contributed by atoms with Crippen molar-refractivity contribution in [2.24, 2.45) is 0 Å². The number of rotatable bonds is 3. The molecule has 18 heavy (non-hydrogen) atoms. The predicted octanol–water partition coefficient (Wildman–Crippen LogP) is 2.77. The van der Waals surface area contributed by atoms with Crippen molar-refractivity contribution >= 4 is 21.6 Å². The number of fused-ring (bicyclic) bond motifs is 1. The first-order valence-electron chi connectivity index (χ1n) is 5.82. The lowest BCUT2D eigenvalue weighted by molar-refractivity contribution is 0.970. The fourth-order valence-corrected chi connectivity index (χ4v) is 2.99. The summed E-state index contributed by atoms with van der Waals surface area (Å²) in [5.41, 5.74) is 2.34. The summed E-state index contributed by atoms with van der Waals surface area (Å²) in [4.78, 5) is 19.4. The van der Waals surface area contributed by atoms with Gasteiger partial charge < -0.3 is 4.98 Å². The van der Waals surface area contributed by atoms with E-state index in [1.165, 1.54) is 23.2 Å². The van der Waals surface area contributed by atoms with E-state index in [4.69, 9.17) is 0 Å². The molecule has 1 N–H and O–H groups in total. The van der Waals surface area contributed by atoms with E-state index in [1.807, 2.05) is 23.6 Å². The van der Waals surface area contributed by atoms with Gasteiger partial charge in [-0.25, -0.2) is 4.98 Å². The summed E-state index contributed by atoms with van der Waals surface area (Å²) >= 11 is 1.53. The van der Waals surface area contributed by atoms with E-state index < -0.39 is 0 Å². The summed E-state index contributed by atoms with van der Waals surface area (Å²) in [5.74, 6) is 0. The average molecular weight is 256 g/mol. The highest BCUT2D eigenvalue weighted by Crippen LogP contribution is 2.21. The zero-order valence-corrected chi connectivity index (χ0v) is 10.5. The summed E-state index contributed by atoms with van der Waals surface area (Å²) < 4.78 is 0. The molecule has 0 amide bonds. The number of benzene rings is 1. The number of aromatic nitrogens is 2. The van der Waals surface area contributed by atoms with Crippen LogP contribution in [-0.2, 0) is 12.8 Å². The molecule has 0 unspecified atom stereocenters. The second-order valence-corrected chi connectivity index (χ2v) is 5.02. The smallest absolute Gasteiger partial charge is 0.259 e. The third kappa shape index (κ3) is 2.07. The van der Waals surface area contributed by atoms with E-state index in [9.17, 15) is 4.79 Å². The molecule has 3 nitrogen and oxygen atoms in total. The number of aromatic amines is 1. The molecule has 0 saturated carbocycles. The second kappa shape index (κ2) is 4.74. The van der Waals surface area contributed by atoms with E-state index in [1.54, 1.807) is 0 Å². The van der Waals surface area contributed by atoms with Crippen molar-refractivity contribution in [1.29, 1.82) is 0 Å². The van der Waals surface area contributed by atoms with E-state index in [0.29, 0.717) is 0 Å². The lowest BCUT2D eigenvalue weighted by Gasteiger charge is -2.00. The van der Waals surface area contributed by atoms with Crippen LogP contribution in [0.1, 0.15) is 11.1 Å². The maximum absolute atomic E-state index is 11.8. The molecular formula is C14H12N2OS. The van der Waals surface area contributed by atoms with Gasteiger partial charge in [-0.2, -0.15) is 0 Å². The molecule has 2 aromatic heterocycles. The Kier molecular flexibility index (Phi) is 2.94. The average Bonchev–Trinajstić information content (AvgIpc) is 2.82. The molecule has 0 fully saturated rings. The van der Waals surface area contributed by atoms with Crippen LogP contribution >= 0.6 is 11.3 Å². The van der Waals surface area contributed by atoms with Crippen molar-refractivity contribution in [2.75, 3.05) is 0 Å². The van der Waals surface area contributed by atoms with E-state index in [-0.39, 0.29) is 5.56 Å². The number of nitrogens with one attached hydrogen (secondary N) is 1. The Hall–Kier alpha value is -1.94. The lowest BCUT2D eigenvalue weighted by Crippen LogP contribution is -2.06. The predicted molar refractivity (Wildman–Crippen MR) is 74.1 cm³/mol. The first-order valence-corrected chi connectivity index (χ1v) is 6.70. The number of thiophene rings is 1. The molecule has 4 heteroatoms. The summed E-state index contributed by atoms with van der Waals surface area (Å²) in [6, 6.07) is 10.3. The van der Waals surface area contributed by atoms with Crippen LogP contribution in [0.5, 0.6) is 0 Å². The largest absolute Gasteiger partial charge is 0.313 e. The molecule has 3 rings (SSSR count). The van der Waals surface area contributed by atoms with Gasteiger partial charge in [0.25, 0.3) is 5.56 Å². The van der Waals surface area contributed by atoms with E-state index in [0.717, 1.165) is 28.6 Å². The van der Waals surface area contributed by atoms with Crippen molar-refractivity contribution in [3.05, 3.63) is 63.5 Å². The maximum atomic E-state index is 11.8. The molecule has 0 aliphatic heterocycles. The van der Waals surface area contributed by atoms with Crippen LogP contribution in [0.25, 0.3) is 10.2 Å². The molecule has 90 valence electrons. The van der Waals surface area contributed by atoms with Gasteiger partial charge in [0.1, 0.15) is 4.83 Å². The second-order valence-electron chi connectivity index (χ2n) is 4.16. The number of H-pyrrole nitrogens is 1. The van der Waals surface area contributed by atoms with Gasteiger partial charge in [0.2, 0.25) is 0 Å². The van der Waals surface area contributed by atoms with Crippen LogP contribution in [0.2, 0.25) is 0 Å². The molecule has 0 spiro atoms. The molecule has 0 saturated heterocycles. The summed E-state index contributed by atoms with van der Waals surface area (Å²) in [6.07, 6.45) is 3.28. The summed E-state index contributed by atoms with van der Waals surface area (Å²) in [7, 11) is 0. The molecule has 0 atom stereocenters. The highest BCUT2D eigenvalue weighted by atomic mass is 32.1. The van der Waals surface area contributed by atoms with E-state index in [2.05, 4.69) is 22.1 Å². The Labute approximate surface area is 108 Å². The molecule has 0 radical (unpaired) electrons. The number of hydrogen-bond donors (Lipinski definition) is 1.